The van der Waals surface area contributed by atoms with Crippen LogP contribution in [0.25, 0.3) is 5.65 Å². The van der Waals surface area contributed by atoms with Crippen LogP contribution in [-0.4, -0.2) is 20.5 Å². The van der Waals surface area contributed by atoms with Crippen molar-refractivity contribution in [1.82, 2.24) is 9.38 Å². The van der Waals surface area contributed by atoms with Gasteiger partial charge in [-0.25, -0.2) is 9.78 Å². The largest absolute Gasteiger partial charge is 0.477 e. The fraction of sp³-hybridized carbons (Fsp3) is 0.200. The molecular formula is C10H10N2O2. The first-order valence-corrected chi connectivity index (χ1v) is 4.28. The first-order valence-electron chi connectivity index (χ1n) is 4.28. The number of imidazole rings is 1. The zero-order valence-electron chi connectivity index (χ0n) is 7.98. The van der Waals surface area contributed by atoms with Crippen LogP contribution in [0.4, 0.5) is 0 Å². The van der Waals surface area contributed by atoms with Gasteiger partial charge >= 0.3 is 5.97 Å². The summed E-state index contributed by atoms with van der Waals surface area (Å²) in [5.74, 6) is -0.944. The van der Waals surface area contributed by atoms with E-state index >= 15 is 0 Å². The summed E-state index contributed by atoms with van der Waals surface area (Å²) in [6, 6.07) is 3.72. The van der Waals surface area contributed by atoms with Gasteiger partial charge in [-0.1, -0.05) is 6.07 Å². The van der Waals surface area contributed by atoms with E-state index in [0.29, 0.717) is 11.3 Å². The molecule has 0 bridgehead atoms. The molecule has 2 heterocycles. The predicted octanol–water partition coefficient (Wildman–Crippen LogP) is 1.65. The first-order chi connectivity index (χ1) is 6.59. The average Bonchev–Trinajstić information content (AvgIpc) is 2.40. The molecule has 0 fully saturated rings. The molecule has 72 valence electrons. The quantitative estimate of drug-likeness (QED) is 0.743. The molecule has 2 rings (SSSR count). The van der Waals surface area contributed by atoms with Gasteiger partial charge in [-0.15, -0.1) is 0 Å². The van der Waals surface area contributed by atoms with Crippen LogP contribution < -0.4 is 0 Å². The molecule has 0 radical (unpaired) electrons. The van der Waals surface area contributed by atoms with Gasteiger partial charge in [0.25, 0.3) is 0 Å². The maximum Gasteiger partial charge on any atom is 0.354 e. The van der Waals surface area contributed by atoms with E-state index in [4.69, 9.17) is 5.11 Å². The Bertz CT molecular complexity index is 514. The Morgan fingerprint density at radius 3 is 2.79 bits per heavy atom. The highest BCUT2D eigenvalue weighted by atomic mass is 16.4. The van der Waals surface area contributed by atoms with Gasteiger partial charge in [0, 0.05) is 6.20 Å². The van der Waals surface area contributed by atoms with E-state index in [1.165, 1.54) is 0 Å². The minimum absolute atomic E-state index is 0.240. The van der Waals surface area contributed by atoms with Crippen molar-refractivity contribution >= 4 is 11.6 Å². The van der Waals surface area contributed by atoms with Crippen LogP contribution in [0.5, 0.6) is 0 Å². The highest BCUT2D eigenvalue weighted by molar-refractivity contribution is 5.88. The van der Waals surface area contributed by atoms with Crippen molar-refractivity contribution in [3.8, 4) is 0 Å². The van der Waals surface area contributed by atoms with E-state index < -0.39 is 5.97 Å². The molecule has 0 aliphatic carbocycles. The summed E-state index contributed by atoms with van der Waals surface area (Å²) in [7, 11) is 0. The third-order valence-corrected chi connectivity index (χ3v) is 2.14. The molecule has 0 atom stereocenters. The van der Waals surface area contributed by atoms with Gasteiger partial charge in [0.1, 0.15) is 5.65 Å². The molecular weight excluding hydrogens is 180 g/mol. The number of carboxylic acids is 1. The Labute approximate surface area is 80.8 Å². The molecule has 1 N–H and O–H groups in total. The lowest BCUT2D eigenvalue weighted by Crippen LogP contribution is -2.03. The third-order valence-electron chi connectivity index (χ3n) is 2.14. The summed E-state index contributed by atoms with van der Waals surface area (Å²) in [5.41, 5.74) is 2.47. The van der Waals surface area contributed by atoms with Crippen LogP contribution in [0, 0.1) is 13.8 Å². The van der Waals surface area contributed by atoms with Crippen LogP contribution in [0.2, 0.25) is 0 Å². The molecule has 2 aromatic rings. The lowest BCUT2D eigenvalue weighted by Gasteiger charge is -1.98. The van der Waals surface area contributed by atoms with Crippen molar-refractivity contribution in [2.45, 2.75) is 13.8 Å². The number of aromatic nitrogens is 2. The number of pyridine rings is 1. The molecule has 0 aliphatic rings. The van der Waals surface area contributed by atoms with E-state index in [2.05, 4.69) is 4.98 Å². The maximum atomic E-state index is 10.9. The van der Waals surface area contributed by atoms with Crippen molar-refractivity contribution in [2.75, 3.05) is 0 Å². The highest BCUT2D eigenvalue weighted by Gasteiger charge is 2.14. The molecule has 0 aliphatic heterocycles. The Hall–Kier alpha value is -1.84. The van der Waals surface area contributed by atoms with Crippen LogP contribution >= 0.6 is 0 Å². The van der Waals surface area contributed by atoms with Crippen molar-refractivity contribution in [3.63, 3.8) is 0 Å². The Morgan fingerprint density at radius 1 is 1.43 bits per heavy atom. The number of aryl methyl sites for hydroxylation is 2. The summed E-state index contributed by atoms with van der Waals surface area (Å²) in [5, 5.41) is 8.98. The van der Waals surface area contributed by atoms with E-state index in [1.807, 2.05) is 19.1 Å². The number of hydrogen-bond acceptors (Lipinski definition) is 2. The van der Waals surface area contributed by atoms with Gasteiger partial charge in [0.05, 0.1) is 5.69 Å². The normalized spacial score (nSPS) is 10.7. The lowest BCUT2D eigenvalue weighted by atomic mass is 10.3. The lowest BCUT2D eigenvalue weighted by molar-refractivity contribution is 0.0688. The molecule has 4 nitrogen and oxygen atoms in total. The van der Waals surface area contributed by atoms with Crippen LogP contribution in [-0.2, 0) is 0 Å². The number of fused-ring (bicyclic) bond motifs is 1. The zero-order valence-corrected chi connectivity index (χ0v) is 7.98. The number of hydrogen-bond donors (Lipinski definition) is 1. The molecule has 0 unspecified atom stereocenters. The second kappa shape index (κ2) is 2.83. The van der Waals surface area contributed by atoms with Gasteiger partial charge in [0.15, 0.2) is 5.69 Å². The minimum Gasteiger partial charge on any atom is -0.477 e. The van der Waals surface area contributed by atoms with Gasteiger partial charge in [-0.3, -0.25) is 4.40 Å². The number of carbonyl (C=O) groups is 1. The Kier molecular flexibility index (Phi) is 1.77. The third kappa shape index (κ3) is 1.16. The zero-order chi connectivity index (χ0) is 10.3. The standard InChI is InChI=1S/C10H10N2O2/c1-6-3-4-8-11-7(2)9(10(13)14)12(8)5-6/h3-5H,1-2H3,(H,13,14). The highest BCUT2D eigenvalue weighted by Crippen LogP contribution is 2.12. The summed E-state index contributed by atoms with van der Waals surface area (Å²) in [4.78, 5) is 15.1. The van der Waals surface area contributed by atoms with E-state index in [0.717, 1.165) is 5.56 Å². The number of aromatic carboxylic acids is 1. The van der Waals surface area contributed by atoms with Gasteiger partial charge in [-0.2, -0.15) is 0 Å². The van der Waals surface area contributed by atoms with Gasteiger partial charge in [0.2, 0.25) is 0 Å². The maximum absolute atomic E-state index is 10.9. The molecule has 14 heavy (non-hydrogen) atoms. The summed E-state index contributed by atoms with van der Waals surface area (Å²) in [6.45, 7) is 3.62. The van der Waals surface area contributed by atoms with Crippen LogP contribution in [0.15, 0.2) is 18.3 Å². The van der Waals surface area contributed by atoms with Crippen molar-refractivity contribution in [3.05, 3.63) is 35.3 Å². The monoisotopic (exact) mass is 190 g/mol. The molecule has 4 heteroatoms. The molecule has 2 aromatic heterocycles. The molecule has 0 amide bonds. The molecule has 0 spiro atoms. The topological polar surface area (TPSA) is 54.6 Å². The minimum atomic E-state index is -0.944. The van der Waals surface area contributed by atoms with Crippen molar-refractivity contribution < 1.29 is 9.90 Å². The van der Waals surface area contributed by atoms with Gasteiger partial charge in [-0.05, 0) is 25.5 Å². The number of nitrogens with zero attached hydrogens (tertiary/aromatic N) is 2. The van der Waals surface area contributed by atoms with Crippen molar-refractivity contribution in [1.29, 1.82) is 0 Å². The summed E-state index contributed by atoms with van der Waals surface area (Å²) >= 11 is 0. The molecule has 0 aromatic carbocycles. The SMILES string of the molecule is Cc1ccc2nc(C)c(C(=O)O)n2c1. The van der Waals surface area contributed by atoms with E-state index in [-0.39, 0.29) is 5.69 Å². The van der Waals surface area contributed by atoms with E-state index in [9.17, 15) is 4.79 Å². The Balaban J connectivity index is 2.86. The summed E-state index contributed by atoms with van der Waals surface area (Å²) in [6.07, 6.45) is 1.78. The van der Waals surface area contributed by atoms with E-state index in [1.54, 1.807) is 17.5 Å². The molecule has 0 saturated heterocycles. The first kappa shape index (κ1) is 8.74. The number of rotatable bonds is 1. The summed E-state index contributed by atoms with van der Waals surface area (Å²) < 4.78 is 1.60. The second-order valence-electron chi connectivity index (χ2n) is 3.29. The Morgan fingerprint density at radius 2 is 2.14 bits per heavy atom. The second-order valence-corrected chi connectivity index (χ2v) is 3.29. The van der Waals surface area contributed by atoms with Crippen molar-refractivity contribution in [2.24, 2.45) is 0 Å². The van der Waals surface area contributed by atoms with Gasteiger partial charge < -0.3 is 5.11 Å². The molecule has 0 saturated carbocycles. The van der Waals surface area contributed by atoms with Crippen LogP contribution in [0.3, 0.4) is 0 Å². The fourth-order valence-corrected chi connectivity index (χ4v) is 1.53. The fourth-order valence-electron chi connectivity index (χ4n) is 1.53. The smallest absolute Gasteiger partial charge is 0.354 e. The number of carboxylic acid groups (broad SMARTS) is 1. The van der Waals surface area contributed by atoms with Crippen LogP contribution in [0.1, 0.15) is 21.7 Å². The predicted molar refractivity (Wildman–Crippen MR) is 51.6 cm³/mol. The average molecular weight is 190 g/mol.